The van der Waals surface area contributed by atoms with Crippen LogP contribution in [0.4, 0.5) is 0 Å². The molecule has 0 radical (unpaired) electrons. The fourth-order valence-corrected chi connectivity index (χ4v) is 6.44. The summed E-state index contributed by atoms with van der Waals surface area (Å²) in [4.78, 5) is 2.71. The molecule has 2 aromatic heterocycles. The molecule has 2 atom stereocenters. The summed E-state index contributed by atoms with van der Waals surface area (Å²) in [5.74, 6) is 0.0264. The summed E-state index contributed by atoms with van der Waals surface area (Å²) in [6.45, 7) is 2.03. The van der Waals surface area contributed by atoms with Crippen LogP contribution in [0.2, 0.25) is 0 Å². The van der Waals surface area contributed by atoms with E-state index in [9.17, 15) is 8.42 Å². The van der Waals surface area contributed by atoms with Gasteiger partial charge in [0.1, 0.15) is 0 Å². The van der Waals surface area contributed by atoms with Crippen LogP contribution < -0.4 is 0 Å². The number of sulfone groups is 1. The first-order chi connectivity index (χ1) is 12.5. The number of likely N-dealkylation sites (tertiary alicyclic amines) is 1. The third kappa shape index (κ3) is 2.34. The van der Waals surface area contributed by atoms with E-state index >= 15 is 0 Å². The highest BCUT2D eigenvalue weighted by molar-refractivity contribution is 7.92. The van der Waals surface area contributed by atoms with Crippen molar-refractivity contribution in [1.82, 2.24) is 14.7 Å². The zero-order chi connectivity index (χ0) is 17.9. The molecule has 134 valence electrons. The van der Waals surface area contributed by atoms with Gasteiger partial charge in [0.15, 0.2) is 9.84 Å². The second kappa shape index (κ2) is 5.56. The van der Waals surface area contributed by atoms with Crippen LogP contribution in [0.1, 0.15) is 17.0 Å². The minimum Gasteiger partial charge on any atom is -0.472 e. The van der Waals surface area contributed by atoms with Crippen molar-refractivity contribution in [3.05, 3.63) is 60.3 Å². The van der Waals surface area contributed by atoms with Gasteiger partial charge in [-0.05, 0) is 29.3 Å². The van der Waals surface area contributed by atoms with Crippen molar-refractivity contribution in [2.75, 3.05) is 13.1 Å². The Bertz CT molecular complexity index is 1070. The number of nitrogens with zero attached hydrogens (tertiary/aromatic N) is 3. The lowest BCUT2D eigenvalue weighted by atomic mass is 9.95. The van der Waals surface area contributed by atoms with Crippen molar-refractivity contribution in [2.24, 2.45) is 7.05 Å². The number of furan rings is 1. The van der Waals surface area contributed by atoms with E-state index in [1.165, 1.54) is 0 Å². The largest absolute Gasteiger partial charge is 0.472 e. The van der Waals surface area contributed by atoms with E-state index in [1.807, 2.05) is 37.6 Å². The Labute approximate surface area is 152 Å². The summed E-state index contributed by atoms with van der Waals surface area (Å²) in [5, 5.41) is 3.86. The van der Waals surface area contributed by atoms with Gasteiger partial charge in [-0.1, -0.05) is 6.07 Å². The maximum absolute atomic E-state index is 13.0. The van der Waals surface area contributed by atoms with Gasteiger partial charge in [0, 0.05) is 49.9 Å². The molecule has 0 aliphatic carbocycles. The average Bonchev–Trinajstić information content (AvgIpc) is 3.37. The number of hydrogen-bond donors (Lipinski definition) is 0. The van der Waals surface area contributed by atoms with Crippen LogP contribution >= 0.6 is 0 Å². The smallest absolute Gasteiger partial charge is 0.183 e. The zero-order valence-electron chi connectivity index (χ0n) is 14.4. The Kier molecular flexibility index (Phi) is 3.39. The predicted molar refractivity (Wildman–Crippen MR) is 96.3 cm³/mol. The van der Waals surface area contributed by atoms with Gasteiger partial charge in [0.2, 0.25) is 0 Å². The third-order valence-corrected chi connectivity index (χ3v) is 7.74. The van der Waals surface area contributed by atoms with Gasteiger partial charge in [0.25, 0.3) is 0 Å². The van der Waals surface area contributed by atoms with Crippen LogP contribution in [0.3, 0.4) is 0 Å². The molecule has 6 nitrogen and oxygen atoms in total. The van der Waals surface area contributed by atoms with Gasteiger partial charge >= 0.3 is 0 Å². The molecule has 5 rings (SSSR count). The van der Waals surface area contributed by atoms with Crippen LogP contribution in [0.25, 0.3) is 11.1 Å². The Morgan fingerprint density at radius 1 is 1.23 bits per heavy atom. The molecule has 1 aromatic carbocycles. The molecule has 0 amide bonds. The third-order valence-electron chi connectivity index (χ3n) is 5.48. The minimum absolute atomic E-state index is 0.0264. The molecule has 0 saturated carbocycles. The molecule has 0 N–H and O–H groups in total. The minimum atomic E-state index is -3.27. The maximum atomic E-state index is 13.0. The summed E-state index contributed by atoms with van der Waals surface area (Å²) < 4.78 is 32.9. The molecule has 26 heavy (non-hydrogen) atoms. The normalized spacial score (nSPS) is 23.9. The quantitative estimate of drug-likeness (QED) is 0.709. The zero-order valence-corrected chi connectivity index (χ0v) is 15.2. The lowest BCUT2D eigenvalue weighted by molar-refractivity contribution is 0.324. The second-order valence-electron chi connectivity index (χ2n) is 7.17. The van der Waals surface area contributed by atoms with Crippen LogP contribution in [-0.2, 0) is 23.4 Å². The van der Waals surface area contributed by atoms with E-state index < -0.39 is 9.84 Å². The van der Waals surface area contributed by atoms with Crippen LogP contribution in [-0.4, -0.2) is 41.4 Å². The number of rotatable bonds is 3. The van der Waals surface area contributed by atoms with Crippen molar-refractivity contribution in [2.45, 2.75) is 22.6 Å². The van der Waals surface area contributed by atoms with Gasteiger partial charge < -0.3 is 4.42 Å². The van der Waals surface area contributed by atoms with E-state index in [1.54, 1.807) is 23.3 Å². The fraction of sp³-hybridized carbons (Fsp3) is 0.316. The average molecular weight is 369 g/mol. The maximum Gasteiger partial charge on any atom is 0.183 e. The molecule has 1 fully saturated rings. The topological polar surface area (TPSA) is 68.3 Å². The number of aromatic nitrogens is 2. The van der Waals surface area contributed by atoms with E-state index in [4.69, 9.17) is 4.42 Å². The van der Waals surface area contributed by atoms with E-state index in [0.29, 0.717) is 11.4 Å². The SMILES string of the molecule is Cn1cc(-c2ccc3c(c2)[C@H]2CN(Cc4ccoc4)C[C@@H]2S3(=O)=O)cn1. The van der Waals surface area contributed by atoms with Crippen molar-refractivity contribution in [3.8, 4) is 11.1 Å². The van der Waals surface area contributed by atoms with Crippen LogP contribution in [0.15, 0.2) is 58.5 Å². The summed E-state index contributed by atoms with van der Waals surface area (Å²) >= 11 is 0. The van der Waals surface area contributed by atoms with Crippen LogP contribution in [0, 0.1) is 0 Å². The fourth-order valence-electron chi connectivity index (χ4n) is 4.25. The van der Waals surface area contributed by atoms with Gasteiger partial charge in [-0.3, -0.25) is 9.58 Å². The van der Waals surface area contributed by atoms with Crippen molar-refractivity contribution < 1.29 is 12.8 Å². The highest BCUT2D eigenvalue weighted by Crippen LogP contribution is 2.46. The van der Waals surface area contributed by atoms with E-state index in [2.05, 4.69) is 10.00 Å². The number of hydrogen-bond acceptors (Lipinski definition) is 5. The first-order valence-electron chi connectivity index (χ1n) is 8.62. The van der Waals surface area contributed by atoms with Gasteiger partial charge in [-0.15, -0.1) is 0 Å². The molecule has 1 saturated heterocycles. The van der Waals surface area contributed by atoms with Crippen molar-refractivity contribution in [1.29, 1.82) is 0 Å². The monoisotopic (exact) mass is 369 g/mol. The molecule has 0 spiro atoms. The Morgan fingerprint density at radius 3 is 2.85 bits per heavy atom. The number of aryl methyl sites for hydroxylation is 1. The molecule has 3 aromatic rings. The lowest BCUT2D eigenvalue weighted by Gasteiger charge is -2.16. The molecular formula is C19H19N3O3S. The number of benzene rings is 1. The molecule has 0 unspecified atom stereocenters. The van der Waals surface area contributed by atoms with Gasteiger partial charge in [0.05, 0.1) is 28.9 Å². The summed E-state index contributed by atoms with van der Waals surface area (Å²) in [6, 6.07) is 7.62. The molecule has 4 heterocycles. The standard InChI is InChI=1S/C19H19N3O3S/c1-21-9-15(7-20-21)14-2-3-18-16(6-14)17-10-22(8-13-4-5-25-12-13)11-19(17)26(18,23)24/h2-7,9,12,17,19H,8,10-11H2,1H3/t17-,19+/m1/s1. The highest BCUT2D eigenvalue weighted by atomic mass is 32.2. The second-order valence-corrected chi connectivity index (χ2v) is 9.31. The van der Waals surface area contributed by atoms with Gasteiger partial charge in [-0.2, -0.15) is 5.10 Å². The molecule has 2 aliphatic heterocycles. The number of fused-ring (bicyclic) bond motifs is 3. The molecule has 7 heteroatoms. The summed E-state index contributed by atoms with van der Waals surface area (Å²) in [5.41, 5.74) is 4.04. The lowest BCUT2D eigenvalue weighted by Crippen LogP contribution is -2.25. The Morgan fingerprint density at radius 2 is 2.12 bits per heavy atom. The molecular weight excluding hydrogens is 350 g/mol. The first-order valence-corrected chi connectivity index (χ1v) is 10.2. The van der Waals surface area contributed by atoms with Crippen LogP contribution in [0.5, 0.6) is 0 Å². The Balaban J connectivity index is 1.50. The summed E-state index contributed by atoms with van der Waals surface area (Å²) in [6.07, 6.45) is 7.13. The predicted octanol–water partition coefficient (Wildman–Crippen LogP) is 2.44. The first kappa shape index (κ1) is 15.8. The van der Waals surface area contributed by atoms with E-state index in [-0.39, 0.29) is 11.2 Å². The summed E-state index contributed by atoms with van der Waals surface area (Å²) in [7, 11) is -1.40. The molecule has 2 aliphatic rings. The van der Waals surface area contributed by atoms with Crippen molar-refractivity contribution >= 4 is 9.84 Å². The molecule has 0 bridgehead atoms. The van der Waals surface area contributed by atoms with Gasteiger partial charge in [-0.25, -0.2) is 8.42 Å². The van der Waals surface area contributed by atoms with Crippen molar-refractivity contribution in [3.63, 3.8) is 0 Å². The highest BCUT2D eigenvalue weighted by Gasteiger charge is 2.50. The van der Waals surface area contributed by atoms with E-state index in [0.717, 1.165) is 35.3 Å². The Hall–Kier alpha value is -2.38.